The van der Waals surface area contributed by atoms with Crippen LogP contribution in [-0.2, 0) is 0 Å². The second kappa shape index (κ2) is 8.67. The molecule has 0 saturated heterocycles. The first-order valence-electron chi connectivity index (χ1n) is 7.96. The van der Waals surface area contributed by atoms with Crippen LogP contribution in [0.5, 0.6) is 5.75 Å². The molecule has 2 aromatic rings. The van der Waals surface area contributed by atoms with E-state index in [0.717, 1.165) is 4.47 Å². The summed E-state index contributed by atoms with van der Waals surface area (Å²) >= 11 is 3.43. The Morgan fingerprint density at radius 2 is 1.68 bits per heavy atom. The second-order valence-electron chi connectivity index (χ2n) is 5.96. The Bertz CT molecular complexity index is 758. The van der Waals surface area contributed by atoms with Gasteiger partial charge in [0.2, 0.25) is 0 Å². The minimum absolute atomic E-state index is 0.168. The van der Waals surface area contributed by atoms with Crippen LogP contribution in [0, 0.1) is 5.92 Å². The zero-order chi connectivity index (χ0) is 18.4. The van der Waals surface area contributed by atoms with Gasteiger partial charge in [-0.25, -0.2) is 0 Å². The van der Waals surface area contributed by atoms with Gasteiger partial charge in [-0.05, 0) is 64.3 Å². The summed E-state index contributed by atoms with van der Waals surface area (Å²) in [6.07, 6.45) is 0. The number of nitrogens with one attached hydrogen (secondary N) is 2. The fourth-order valence-electron chi connectivity index (χ4n) is 2.07. The molecule has 2 N–H and O–H groups in total. The number of carbonyl (C=O) groups excluding carboxylic acids is 2. The number of benzene rings is 2. The first-order valence-corrected chi connectivity index (χ1v) is 8.76. The molecule has 5 nitrogen and oxygen atoms in total. The normalized spacial score (nSPS) is 10.4. The van der Waals surface area contributed by atoms with Crippen LogP contribution in [0.3, 0.4) is 0 Å². The molecular weight excluding hydrogens is 384 g/mol. The maximum atomic E-state index is 12.4. The molecule has 0 saturated carbocycles. The molecule has 2 amide bonds. The van der Waals surface area contributed by atoms with Gasteiger partial charge in [0, 0.05) is 23.9 Å². The molecule has 2 aromatic carbocycles. The molecule has 0 aromatic heterocycles. The molecule has 0 heterocycles. The van der Waals surface area contributed by atoms with Crippen molar-refractivity contribution >= 4 is 33.4 Å². The zero-order valence-corrected chi connectivity index (χ0v) is 16.0. The van der Waals surface area contributed by atoms with Crippen molar-refractivity contribution in [2.75, 3.05) is 19.0 Å². The summed E-state index contributed by atoms with van der Waals surface area (Å²) in [6.45, 7) is 4.76. The van der Waals surface area contributed by atoms with E-state index in [2.05, 4.69) is 40.4 Å². The molecule has 25 heavy (non-hydrogen) atoms. The first-order chi connectivity index (χ1) is 11.9. The Hall–Kier alpha value is -2.34. The highest BCUT2D eigenvalue weighted by molar-refractivity contribution is 9.10. The van der Waals surface area contributed by atoms with E-state index in [0.29, 0.717) is 35.1 Å². The van der Waals surface area contributed by atoms with Gasteiger partial charge in [0.15, 0.2) is 0 Å². The number of hydrogen-bond acceptors (Lipinski definition) is 3. The molecular formula is C19H21BrN2O3. The Kier molecular flexibility index (Phi) is 6.58. The number of rotatable bonds is 6. The highest BCUT2D eigenvalue weighted by Crippen LogP contribution is 2.27. The van der Waals surface area contributed by atoms with E-state index >= 15 is 0 Å². The van der Waals surface area contributed by atoms with Crippen molar-refractivity contribution < 1.29 is 14.3 Å². The topological polar surface area (TPSA) is 67.4 Å². The van der Waals surface area contributed by atoms with Crippen molar-refractivity contribution in [3.05, 3.63) is 58.1 Å². The van der Waals surface area contributed by atoms with E-state index < -0.39 is 0 Å². The molecule has 0 aliphatic rings. The molecule has 0 unspecified atom stereocenters. The first kappa shape index (κ1) is 19.0. The molecule has 0 aliphatic carbocycles. The monoisotopic (exact) mass is 404 g/mol. The SMILES string of the molecule is CNC(=O)c1ccc(NC(=O)c2ccc(OCC(C)C)c(Br)c2)cc1. The molecule has 0 atom stereocenters. The Labute approximate surface area is 155 Å². The quantitative estimate of drug-likeness (QED) is 0.761. The number of amides is 2. The van der Waals surface area contributed by atoms with Crippen molar-refractivity contribution in [1.82, 2.24) is 5.32 Å². The zero-order valence-electron chi connectivity index (χ0n) is 14.4. The molecule has 0 fully saturated rings. The highest BCUT2D eigenvalue weighted by atomic mass is 79.9. The predicted molar refractivity (Wildman–Crippen MR) is 102 cm³/mol. The number of halogens is 1. The molecule has 6 heteroatoms. The van der Waals surface area contributed by atoms with Gasteiger partial charge in [-0.1, -0.05) is 13.8 Å². The second-order valence-corrected chi connectivity index (χ2v) is 6.81. The minimum Gasteiger partial charge on any atom is -0.492 e. The molecule has 2 rings (SSSR count). The third kappa shape index (κ3) is 5.32. The van der Waals surface area contributed by atoms with E-state index in [-0.39, 0.29) is 11.8 Å². The number of anilines is 1. The van der Waals surface area contributed by atoms with Crippen LogP contribution in [0.4, 0.5) is 5.69 Å². The Morgan fingerprint density at radius 1 is 1.04 bits per heavy atom. The lowest BCUT2D eigenvalue weighted by molar-refractivity contribution is 0.0962. The molecule has 0 aliphatic heterocycles. The molecule has 0 radical (unpaired) electrons. The van der Waals surface area contributed by atoms with E-state index in [1.165, 1.54) is 0 Å². The van der Waals surface area contributed by atoms with Crippen molar-refractivity contribution in [2.45, 2.75) is 13.8 Å². The van der Waals surface area contributed by atoms with E-state index in [1.807, 2.05) is 0 Å². The van der Waals surface area contributed by atoms with Crippen molar-refractivity contribution in [2.24, 2.45) is 5.92 Å². The lowest BCUT2D eigenvalue weighted by Crippen LogP contribution is -2.17. The van der Waals surface area contributed by atoms with Gasteiger partial charge >= 0.3 is 0 Å². The number of hydrogen-bond donors (Lipinski definition) is 2. The smallest absolute Gasteiger partial charge is 0.255 e. The minimum atomic E-state index is -0.233. The van der Waals surface area contributed by atoms with Crippen molar-refractivity contribution in [3.63, 3.8) is 0 Å². The van der Waals surface area contributed by atoms with Gasteiger partial charge in [0.05, 0.1) is 11.1 Å². The fraction of sp³-hybridized carbons (Fsp3) is 0.263. The molecule has 0 spiro atoms. The van der Waals surface area contributed by atoms with E-state index in [9.17, 15) is 9.59 Å². The largest absolute Gasteiger partial charge is 0.492 e. The van der Waals surface area contributed by atoms with Crippen LogP contribution >= 0.6 is 15.9 Å². The Balaban J connectivity index is 2.05. The molecule has 132 valence electrons. The predicted octanol–water partition coefficient (Wildman–Crippen LogP) is 4.10. The van der Waals surface area contributed by atoms with Gasteiger partial charge in [-0.2, -0.15) is 0 Å². The summed E-state index contributed by atoms with van der Waals surface area (Å²) in [5, 5.41) is 5.36. The van der Waals surface area contributed by atoms with Crippen molar-refractivity contribution in [1.29, 1.82) is 0 Å². The van der Waals surface area contributed by atoms with Crippen molar-refractivity contribution in [3.8, 4) is 5.75 Å². The summed E-state index contributed by atoms with van der Waals surface area (Å²) < 4.78 is 6.41. The Morgan fingerprint density at radius 3 is 2.24 bits per heavy atom. The van der Waals surface area contributed by atoms with Gasteiger partial charge in [-0.3, -0.25) is 9.59 Å². The molecule has 0 bridgehead atoms. The fourth-order valence-corrected chi connectivity index (χ4v) is 2.56. The number of carbonyl (C=O) groups is 2. The van der Waals surface area contributed by atoms with Crippen LogP contribution in [0.1, 0.15) is 34.6 Å². The van der Waals surface area contributed by atoms with Crippen LogP contribution in [0.25, 0.3) is 0 Å². The highest BCUT2D eigenvalue weighted by Gasteiger charge is 2.11. The van der Waals surface area contributed by atoms with Crippen LogP contribution in [0.2, 0.25) is 0 Å². The lowest BCUT2D eigenvalue weighted by atomic mass is 10.1. The van der Waals surface area contributed by atoms with Crippen LogP contribution in [0.15, 0.2) is 46.9 Å². The van der Waals surface area contributed by atoms with Gasteiger partial charge in [0.25, 0.3) is 11.8 Å². The van der Waals surface area contributed by atoms with Gasteiger partial charge in [-0.15, -0.1) is 0 Å². The number of ether oxygens (including phenoxy) is 1. The summed E-state index contributed by atoms with van der Waals surface area (Å²) in [6, 6.07) is 11.9. The maximum absolute atomic E-state index is 12.4. The summed E-state index contributed by atoms with van der Waals surface area (Å²) in [5.41, 5.74) is 1.67. The summed E-state index contributed by atoms with van der Waals surface area (Å²) in [4.78, 5) is 23.9. The summed E-state index contributed by atoms with van der Waals surface area (Å²) in [5.74, 6) is 0.732. The third-order valence-electron chi connectivity index (χ3n) is 3.40. The average Bonchev–Trinajstić information content (AvgIpc) is 2.60. The van der Waals surface area contributed by atoms with Gasteiger partial charge < -0.3 is 15.4 Å². The summed E-state index contributed by atoms with van der Waals surface area (Å²) in [7, 11) is 1.57. The maximum Gasteiger partial charge on any atom is 0.255 e. The van der Waals surface area contributed by atoms with Crippen LogP contribution < -0.4 is 15.4 Å². The van der Waals surface area contributed by atoms with E-state index in [1.54, 1.807) is 49.5 Å². The van der Waals surface area contributed by atoms with E-state index in [4.69, 9.17) is 4.74 Å². The van der Waals surface area contributed by atoms with Crippen LogP contribution in [-0.4, -0.2) is 25.5 Å². The lowest BCUT2D eigenvalue weighted by Gasteiger charge is -2.12. The third-order valence-corrected chi connectivity index (χ3v) is 4.02. The average molecular weight is 405 g/mol. The van der Waals surface area contributed by atoms with Gasteiger partial charge in [0.1, 0.15) is 5.75 Å². The standard InChI is InChI=1S/C19H21BrN2O3/c1-12(2)11-25-17-9-6-14(10-16(17)20)19(24)22-15-7-4-13(5-8-15)18(23)21-3/h4-10,12H,11H2,1-3H3,(H,21,23)(H,22,24).